The zero-order valence-electron chi connectivity index (χ0n) is 15.0. The Kier molecular flexibility index (Phi) is 8.01. The number of rotatable bonds is 8. The number of aryl methyl sites for hydroxylation is 1. The molecule has 0 aliphatic carbocycles. The Morgan fingerprint density at radius 2 is 2.00 bits per heavy atom. The molecule has 0 fully saturated rings. The number of amides is 1. The number of aliphatic imine (C=N–C) groups is 1. The van der Waals surface area contributed by atoms with E-state index in [1.54, 1.807) is 17.6 Å². The van der Waals surface area contributed by atoms with Gasteiger partial charge in [-0.1, -0.05) is 18.2 Å². The Labute approximate surface area is 157 Å². The molecule has 0 aliphatic rings. The lowest BCUT2D eigenvalue weighted by atomic mass is 10.1. The van der Waals surface area contributed by atoms with Crippen LogP contribution >= 0.6 is 11.3 Å². The lowest BCUT2D eigenvalue weighted by Gasteiger charge is -2.12. The molecule has 0 atom stereocenters. The number of hydrogen-bond donors (Lipinski definition) is 3. The standard InChI is InChI=1S/C18H24FN5OS/c1-3-20-18(22-9-8-14-6-4-5-7-15(14)19)23-11-10-21-17(25)16-13(2)24-12-26-16/h4-7,12H,3,8-11H2,1-2H3,(H,21,25)(H2,20,22,23). The number of benzene rings is 1. The molecular weight excluding hydrogens is 353 g/mol. The van der Waals surface area contributed by atoms with Crippen LogP contribution in [0.3, 0.4) is 0 Å². The van der Waals surface area contributed by atoms with Gasteiger partial charge in [-0.3, -0.25) is 9.79 Å². The van der Waals surface area contributed by atoms with E-state index in [0.29, 0.717) is 42.5 Å². The van der Waals surface area contributed by atoms with Crippen molar-refractivity contribution < 1.29 is 9.18 Å². The van der Waals surface area contributed by atoms with E-state index in [4.69, 9.17) is 0 Å². The molecule has 0 radical (unpaired) electrons. The molecule has 0 unspecified atom stereocenters. The highest BCUT2D eigenvalue weighted by molar-refractivity contribution is 7.11. The highest BCUT2D eigenvalue weighted by Gasteiger charge is 2.10. The molecule has 8 heteroatoms. The largest absolute Gasteiger partial charge is 0.357 e. The van der Waals surface area contributed by atoms with Gasteiger partial charge in [0.15, 0.2) is 5.96 Å². The molecule has 140 valence electrons. The van der Waals surface area contributed by atoms with Crippen molar-refractivity contribution in [1.82, 2.24) is 20.9 Å². The van der Waals surface area contributed by atoms with Gasteiger partial charge in [-0.05, 0) is 31.9 Å². The van der Waals surface area contributed by atoms with Crippen molar-refractivity contribution in [3.8, 4) is 0 Å². The molecule has 3 N–H and O–H groups in total. The predicted octanol–water partition coefficient (Wildman–Crippen LogP) is 2.12. The van der Waals surface area contributed by atoms with Gasteiger partial charge in [0.05, 0.1) is 11.2 Å². The third kappa shape index (κ3) is 6.11. The summed E-state index contributed by atoms with van der Waals surface area (Å²) < 4.78 is 13.6. The first-order valence-corrected chi connectivity index (χ1v) is 9.43. The molecule has 0 bridgehead atoms. The van der Waals surface area contributed by atoms with Gasteiger partial charge in [-0.2, -0.15) is 0 Å². The summed E-state index contributed by atoms with van der Waals surface area (Å²) in [5.41, 5.74) is 3.05. The zero-order chi connectivity index (χ0) is 18.8. The lowest BCUT2D eigenvalue weighted by Crippen LogP contribution is -2.41. The van der Waals surface area contributed by atoms with Gasteiger partial charge in [-0.15, -0.1) is 11.3 Å². The van der Waals surface area contributed by atoms with E-state index in [1.165, 1.54) is 17.4 Å². The van der Waals surface area contributed by atoms with Crippen LogP contribution in [0.15, 0.2) is 34.8 Å². The van der Waals surface area contributed by atoms with Gasteiger partial charge < -0.3 is 16.0 Å². The minimum atomic E-state index is -0.207. The van der Waals surface area contributed by atoms with Gasteiger partial charge in [0.25, 0.3) is 5.91 Å². The molecule has 0 spiro atoms. The van der Waals surface area contributed by atoms with Crippen LogP contribution in [-0.4, -0.2) is 43.0 Å². The van der Waals surface area contributed by atoms with Crippen LogP contribution in [0.25, 0.3) is 0 Å². The Hall–Kier alpha value is -2.48. The molecule has 1 amide bonds. The summed E-state index contributed by atoms with van der Waals surface area (Å²) in [6.07, 6.45) is 0.532. The first-order valence-electron chi connectivity index (χ1n) is 8.55. The number of nitrogens with one attached hydrogen (secondary N) is 3. The number of guanidine groups is 1. The number of carbonyl (C=O) groups is 1. The first-order chi connectivity index (χ1) is 12.6. The number of halogens is 1. The summed E-state index contributed by atoms with van der Waals surface area (Å²) in [5.74, 6) is 0.321. The minimum Gasteiger partial charge on any atom is -0.357 e. The summed E-state index contributed by atoms with van der Waals surface area (Å²) in [6, 6.07) is 6.72. The zero-order valence-corrected chi connectivity index (χ0v) is 15.8. The van der Waals surface area contributed by atoms with Gasteiger partial charge in [-0.25, -0.2) is 9.37 Å². The summed E-state index contributed by atoms with van der Waals surface area (Å²) in [7, 11) is 0. The molecule has 6 nitrogen and oxygen atoms in total. The van der Waals surface area contributed by atoms with Gasteiger partial charge in [0, 0.05) is 26.2 Å². The molecule has 0 aliphatic heterocycles. The van der Waals surface area contributed by atoms with E-state index in [1.807, 2.05) is 19.9 Å². The Morgan fingerprint density at radius 3 is 2.69 bits per heavy atom. The quantitative estimate of drug-likeness (QED) is 0.374. The number of carbonyl (C=O) groups excluding carboxylic acids is 1. The fourth-order valence-corrected chi connectivity index (χ4v) is 3.01. The highest BCUT2D eigenvalue weighted by atomic mass is 32.1. The fourth-order valence-electron chi connectivity index (χ4n) is 2.29. The number of thiazole rings is 1. The van der Waals surface area contributed by atoms with E-state index in [-0.39, 0.29) is 11.7 Å². The monoisotopic (exact) mass is 377 g/mol. The summed E-state index contributed by atoms with van der Waals surface area (Å²) in [4.78, 5) is 21.1. The van der Waals surface area contributed by atoms with Crippen LogP contribution in [0.5, 0.6) is 0 Å². The molecule has 1 aromatic carbocycles. The fraction of sp³-hybridized carbons (Fsp3) is 0.389. The van der Waals surface area contributed by atoms with Crippen molar-refractivity contribution in [3.05, 3.63) is 51.7 Å². The Bertz CT molecular complexity index is 747. The van der Waals surface area contributed by atoms with Gasteiger partial charge in [0.1, 0.15) is 10.7 Å². The number of aromatic nitrogens is 1. The van der Waals surface area contributed by atoms with E-state index < -0.39 is 0 Å². The summed E-state index contributed by atoms with van der Waals surface area (Å²) in [5, 5.41) is 9.14. The van der Waals surface area contributed by atoms with E-state index in [2.05, 4.69) is 25.9 Å². The van der Waals surface area contributed by atoms with Crippen LogP contribution in [0.1, 0.15) is 27.9 Å². The third-order valence-electron chi connectivity index (χ3n) is 3.61. The molecule has 0 saturated carbocycles. The second-order valence-electron chi connectivity index (χ2n) is 5.55. The maximum absolute atomic E-state index is 13.6. The van der Waals surface area contributed by atoms with Crippen molar-refractivity contribution in [1.29, 1.82) is 0 Å². The van der Waals surface area contributed by atoms with Crippen molar-refractivity contribution in [3.63, 3.8) is 0 Å². The van der Waals surface area contributed by atoms with Crippen molar-refractivity contribution >= 4 is 23.2 Å². The average Bonchev–Trinajstić information content (AvgIpc) is 3.06. The summed E-state index contributed by atoms with van der Waals surface area (Å²) >= 11 is 1.33. The SMILES string of the molecule is CCNC(=NCCc1ccccc1F)NCCNC(=O)c1scnc1C. The maximum Gasteiger partial charge on any atom is 0.263 e. The molecular formula is C18H24FN5OS. The summed E-state index contributed by atoms with van der Waals surface area (Å²) in [6.45, 7) is 5.99. The average molecular weight is 377 g/mol. The maximum atomic E-state index is 13.6. The Balaban J connectivity index is 1.76. The molecule has 1 heterocycles. The van der Waals surface area contributed by atoms with Crippen molar-refractivity contribution in [2.24, 2.45) is 4.99 Å². The molecule has 26 heavy (non-hydrogen) atoms. The topological polar surface area (TPSA) is 78.4 Å². The van der Waals surface area contributed by atoms with Crippen molar-refractivity contribution in [2.75, 3.05) is 26.2 Å². The van der Waals surface area contributed by atoms with Crippen LogP contribution < -0.4 is 16.0 Å². The van der Waals surface area contributed by atoms with E-state index in [9.17, 15) is 9.18 Å². The normalized spacial score (nSPS) is 11.3. The molecule has 2 rings (SSSR count). The van der Waals surface area contributed by atoms with Crippen LogP contribution in [-0.2, 0) is 6.42 Å². The van der Waals surface area contributed by atoms with E-state index in [0.717, 1.165) is 12.2 Å². The predicted molar refractivity (Wildman–Crippen MR) is 103 cm³/mol. The minimum absolute atomic E-state index is 0.117. The van der Waals surface area contributed by atoms with Crippen LogP contribution in [0, 0.1) is 12.7 Å². The van der Waals surface area contributed by atoms with E-state index >= 15 is 0 Å². The lowest BCUT2D eigenvalue weighted by molar-refractivity contribution is 0.0957. The van der Waals surface area contributed by atoms with Gasteiger partial charge in [0.2, 0.25) is 0 Å². The smallest absolute Gasteiger partial charge is 0.263 e. The molecule has 1 aromatic heterocycles. The highest BCUT2D eigenvalue weighted by Crippen LogP contribution is 2.11. The second kappa shape index (κ2) is 10.5. The van der Waals surface area contributed by atoms with Crippen molar-refractivity contribution in [2.45, 2.75) is 20.3 Å². The number of hydrogen-bond acceptors (Lipinski definition) is 4. The number of nitrogens with zero attached hydrogens (tertiary/aromatic N) is 2. The van der Waals surface area contributed by atoms with Crippen LogP contribution in [0.2, 0.25) is 0 Å². The molecule has 0 saturated heterocycles. The first kappa shape index (κ1) is 19.8. The Morgan fingerprint density at radius 1 is 1.23 bits per heavy atom. The van der Waals surface area contributed by atoms with Crippen LogP contribution in [0.4, 0.5) is 4.39 Å². The molecule has 2 aromatic rings. The third-order valence-corrected chi connectivity index (χ3v) is 4.54. The second-order valence-corrected chi connectivity index (χ2v) is 6.41. The van der Waals surface area contributed by atoms with Gasteiger partial charge >= 0.3 is 0 Å².